The average Bonchev–Trinajstić information content (AvgIpc) is 2.49. The lowest BCUT2D eigenvalue weighted by atomic mass is 10.1. The first-order valence-corrected chi connectivity index (χ1v) is 7.62. The predicted octanol–water partition coefficient (Wildman–Crippen LogP) is 3.91. The Morgan fingerprint density at radius 2 is 1.86 bits per heavy atom. The van der Waals surface area contributed by atoms with Gasteiger partial charge in [0.05, 0.1) is 0 Å². The molecule has 4 heteroatoms. The maximum Gasteiger partial charge on any atom is 0.269 e. The number of anilines is 2. The predicted molar refractivity (Wildman–Crippen MR) is 90.5 cm³/mol. The Bertz CT molecular complexity index is 620. The Hall–Kier alpha value is -2.36. The highest BCUT2D eigenvalue weighted by Crippen LogP contribution is 2.17. The molecule has 0 atom stereocenters. The molecule has 0 aliphatic heterocycles. The normalized spacial score (nSPS) is 10.5. The number of nitrogens with zero attached hydrogens (tertiary/aromatic N) is 1. The number of benzene rings is 1. The zero-order valence-electron chi connectivity index (χ0n) is 13.4. The molecular formula is C18H23N3O. The van der Waals surface area contributed by atoms with Gasteiger partial charge < -0.3 is 10.6 Å². The summed E-state index contributed by atoms with van der Waals surface area (Å²) in [6, 6.07) is 11.7. The molecule has 1 amide bonds. The van der Waals surface area contributed by atoms with Gasteiger partial charge in [-0.15, -0.1) is 0 Å². The van der Waals surface area contributed by atoms with E-state index in [0.717, 1.165) is 17.8 Å². The van der Waals surface area contributed by atoms with Crippen molar-refractivity contribution in [1.82, 2.24) is 10.3 Å². The SMILES string of the molecule is Cc1ccc(Nc2ccnc(C(=O)NCCC(C)C)c2)cc1. The fourth-order valence-corrected chi connectivity index (χ4v) is 2.00. The van der Waals surface area contributed by atoms with Crippen LogP contribution in [-0.4, -0.2) is 17.4 Å². The van der Waals surface area contributed by atoms with E-state index in [0.29, 0.717) is 18.2 Å². The molecule has 116 valence electrons. The van der Waals surface area contributed by atoms with E-state index >= 15 is 0 Å². The highest BCUT2D eigenvalue weighted by atomic mass is 16.1. The lowest BCUT2D eigenvalue weighted by Crippen LogP contribution is -2.26. The van der Waals surface area contributed by atoms with Crippen LogP contribution in [0.3, 0.4) is 0 Å². The van der Waals surface area contributed by atoms with Gasteiger partial charge in [0.1, 0.15) is 5.69 Å². The summed E-state index contributed by atoms with van der Waals surface area (Å²) >= 11 is 0. The smallest absolute Gasteiger partial charge is 0.269 e. The van der Waals surface area contributed by atoms with Crippen molar-refractivity contribution in [2.45, 2.75) is 27.2 Å². The van der Waals surface area contributed by atoms with Gasteiger partial charge in [-0.05, 0) is 43.5 Å². The third kappa shape index (κ3) is 4.88. The van der Waals surface area contributed by atoms with Crippen LogP contribution in [0.2, 0.25) is 0 Å². The van der Waals surface area contributed by atoms with Crippen LogP contribution < -0.4 is 10.6 Å². The lowest BCUT2D eigenvalue weighted by Gasteiger charge is -2.09. The molecule has 0 spiro atoms. The van der Waals surface area contributed by atoms with Crippen LogP contribution in [0.25, 0.3) is 0 Å². The number of pyridine rings is 1. The van der Waals surface area contributed by atoms with E-state index in [9.17, 15) is 4.79 Å². The van der Waals surface area contributed by atoms with Crippen molar-refractivity contribution in [3.8, 4) is 0 Å². The van der Waals surface area contributed by atoms with Gasteiger partial charge in [0.2, 0.25) is 0 Å². The van der Waals surface area contributed by atoms with E-state index in [1.54, 1.807) is 12.3 Å². The van der Waals surface area contributed by atoms with Gasteiger partial charge in [0.15, 0.2) is 0 Å². The number of hydrogen-bond donors (Lipinski definition) is 2. The van der Waals surface area contributed by atoms with E-state index in [1.807, 2.05) is 30.3 Å². The number of nitrogens with one attached hydrogen (secondary N) is 2. The molecule has 0 saturated carbocycles. The van der Waals surface area contributed by atoms with Crippen LogP contribution >= 0.6 is 0 Å². The van der Waals surface area contributed by atoms with Crippen molar-refractivity contribution < 1.29 is 4.79 Å². The minimum atomic E-state index is -0.131. The first kappa shape index (κ1) is 16.0. The average molecular weight is 297 g/mol. The van der Waals surface area contributed by atoms with Gasteiger partial charge in [-0.2, -0.15) is 0 Å². The van der Waals surface area contributed by atoms with Crippen molar-refractivity contribution in [2.24, 2.45) is 5.92 Å². The van der Waals surface area contributed by atoms with Crippen molar-refractivity contribution in [2.75, 3.05) is 11.9 Å². The van der Waals surface area contributed by atoms with Crippen LogP contribution in [0, 0.1) is 12.8 Å². The van der Waals surface area contributed by atoms with Crippen molar-refractivity contribution in [3.05, 3.63) is 53.9 Å². The molecule has 4 nitrogen and oxygen atoms in total. The molecular weight excluding hydrogens is 274 g/mol. The van der Waals surface area contributed by atoms with E-state index in [1.165, 1.54) is 5.56 Å². The van der Waals surface area contributed by atoms with Crippen LogP contribution in [0.1, 0.15) is 36.3 Å². The number of carbonyl (C=O) groups is 1. The standard InChI is InChI=1S/C18H23N3O/c1-13(2)8-10-20-18(22)17-12-16(9-11-19-17)21-15-6-4-14(3)5-7-15/h4-7,9,11-13H,8,10H2,1-3H3,(H,19,21)(H,20,22). The Kier molecular flexibility index (Phi) is 5.53. The molecule has 22 heavy (non-hydrogen) atoms. The number of hydrogen-bond acceptors (Lipinski definition) is 3. The van der Waals surface area contributed by atoms with Crippen molar-refractivity contribution in [1.29, 1.82) is 0 Å². The van der Waals surface area contributed by atoms with Gasteiger partial charge in [0.25, 0.3) is 5.91 Å². The maximum absolute atomic E-state index is 12.1. The maximum atomic E-state index is 12.1. The number of aryl methyl sites for hydroxylation is 1. The number of amides is 1. The van der Waals surface area contributed by atoms with Gasteiger partial charge in [-0.25, -0.2) is 0 Å². The third-order valence-electron chi connectivity index (χ3n) is 3.34. The molecule has 1 aromatic carbocycles. The molecule has 0 unspecified atom stereocenters. The second-order valence-electron chi connectivity index (χ2n) is 5.86. The molecule has 2 N–H and O–H groups in total. The second-order valence-corrected chi connectivity index (χ2v) is 5.86. The van der Waals surface area contributed by atoms with Gasteiger partial charge in [-0.1, -0.05) is 31.5 Å². The molecule has 0 radical (unpaired) electrons. The summed E-state index contributed by atoms with van der Waals surface area (Å²) in [6.45, 7) is 7.00. The summed E-state index contributed by atoms with van der Waals surface area (Å²) in [4.78, 5) is 16.2. The molecule has 2 rings (SSSR count). The summed E-state index contributed by atoms with van der Waals surface area (Å²) in [7, 11) is 0. The number of carbonyl (C=O) groups excluding carboxylic acids is 1. The fraction of sp³-hybridized carbons (Fsp3) is 0.333. The van der Waals surface area contributed by atoms with Gasteiger partial charge >= 0.3 is 0 Å². The quantitative estimate of drug-likeness (QED) is 0.850. The summed E-state index contributed by atoms with van der Waals surface area (Å²) in [5.74, 6) is 0.441. The van der Waals surface area contributed by atoms with Crippen LogP contribution in [0.4, 0.5) is 11.4 Å². The number of aromatic nitrogens is 1. The Morgan fingerprint density at radius 3 is 2.55 bits per heavy atom. The first-order valence-electron chi connectivity index (χ1n) is 7.62. The summed E-state index contributed by atoms with van der Waals surface area (Å²) in [5.41, 5.74) is 3.49. The first-order chi connectivity index (χ1) is 10.5. The van der Waals surface area contributed by atoms with Crippen molar-refractivity contribution in [3.63, 3.8) is 0 Å². The second kappa shape index (κ2) is 7.59. The zero-order valence-corrected chi connectivity index (χ0v) is 13.4. The highest BCUT2D eigenvalue weighted by Gasteiger charge is 2.08. The topological polar surface area (TPSA) is 54.0 Å². The minimum absolute atomic E-state index is 0.131. The van der Waals surface area contributed by atoms with Crippen LogP contribution in [0.5, 0.6) is 0 Å². The Morgan fingerprint density at radius 1 is 1.14 bits per heavy atom. The molecule has 0 saturated heterocycles. The summed E-state index contributed by atoms with van der Waals surface area (Å²) in [5, 5.41) is 6.18. The van der Waals surface area contributed by atoms with E-state index < -0.39 is 0 Å². The van der Waals surface area contributed by atoms with Gasteiger partial charge in [-0.3, -0.25) is 9.78 Å². The van der Waals surface area contributed by atoms with E-state index in [4.69, 9.17) is 0 Å². The monoisotopic (exact) mass is 297 g/mol. The van der Waals surface area contributed by atoms with Gasteiger partial charge in [0, 0.05) is 24.1 Å². The molecule has 0 bridgehead atoms. The fourth-order valence-electron chi connectivity index (χ4n) is 2.00. The third-order valence-corrected chi connectivity index (χ3v) is 3.34. The lowest BCUT2D eigenvalue weighted by molar-refractivity contribution is 0.0947. The zero-order chi connectivity index (χ0) is 15.9. The number of rotatable bonds is 6. The van der Waals surface area contributed by atoms with Crippen LogP contribution in [-0.2, 0) is 0 Å². The highest BCUT2D eigenvalue weighted by molar-refractivity contribution is 5.93. The molecule has 2 aromatic rings. The Labute approximate surface area is 132 Å². The largest absolute Gasteiger partial charge is 0.355 e. The van der Waals surface area contributed by atoms with E-state index in [2.05, 4.69) is 36.4 Å². The molecule has 0 aliphatic carbocycles. The van der Waals surface area contributed by atoms with E-state index in [-0.39, 0.29) is 5.91 Å². The molecule has 0 aliphatic rings. The molecule has 1 aromatic heterocycles. The molecule has 1 heterocycles. The summed E-state index contributed by atoms with van der Waals surface area (Å²) in [6.07, 6.45) is 2.61. The summed E-state index contributed by atoms with van der Waals surface area (Å²) < 4.78 is 0. The molecule has 0 fully saturated rings. The minimum Gasteiger partial charge on any atom is -0.355 e. The van der Waals surface area contributed by atoms with Crippen LogP contribution in [0.15, 0.2) is 42.6 Å². The van der Waals surface area contributed by atoms with Crippen molar-refractivity contribution >= 4 is 17.3 Å². The Balaban J connectivity index is 2.00.